The summed E-state index contributed by atoms with van der Waals surface area (Å²) in [6.07, 6.45) is 7.81. The highest BCUT2D eigenvalue weighted by atomic mass is 35.5. The van der Waals surface area contributed by atoms with Gasteiger partial charge in [0.25, 0.3) is 0 Å². The molecule has 2 aromatic rings. The van der Waals surface area contributed by atoms with Crippen LogP contribution in [-0.4, -0.2) is 34.4 Å². The number of aromatic amines is 1. The number of hydrogen-bond acceptors (Lipinski definition) is 3. The van der Waals surface area contributed by atoms with Crippen LogP contribution in [0.15, 0.2) is 41.8 Å². The van der Waals surface area contributed by atoms with Gasteiger partial charge in [-0.3, -0.25) is 0 Å². The molecule has 4 rings (SSSR count). The Morgan fingerprint density at radius 1 is 1.35 bits per heavy atom. The van der Waals surface area contributed by atoms with Crippen molar-refractivity contribution in [1.82, 2.24) is 4.98 Å². The Morgan fingerprint density at radius 2 is 2.12 bits per heavy atom. The topological polar surface area (TPSA) is 82.5 Å². The average Bonchev–Trinajstić information content (AvgIpc) is 3.00. The van der Waals surface area contributed by atoms with E-state index in [1.54, 1.807) is 13.2 Å². The van der Waals surface area contributed by atoms with Gasteiger partial charge in [0.1, 0.15) is 5.76 Å². The summed E-state index contributed by atoms with van der Waals surface area (Å²) in [5.74, 6) is 0.222. The molecular formula is C20H20ClNO4. The molecule has 2 aliphatic rings. The fourth-order valence-corrected chi connectivity index (χ4v) is 4.24. The monoisotopic (exact) mass is 373 g/mol. The second-order valence-corrected chi connectivity index (χ2v) is 7.39. The van der Waals surface area contributed by atoms with Crippen LogP contribution in [0, 0.1) is 5.92 Å². The smallest absolute Gasteiger partial charge is 0.337 e. The van der Waals surface area contributed by atoms with Gasteiger partial charge in [0.15, 0.2) is 0 Å². The predicted octanol–water partition coefficient (Wildman–Crippen LogP) is 4.23. The lowest BCUT2D eigenvalue weighted by Gasteiger charge is -2.36. The largest absolute Gasteiger partial charge is 0.497 e. The molecule has 136 valence electrons. The van der Waals surface area contributed by atoms with Gasteiger partial charge in [-0.15, -0.1) is 0 Å². The number of rotatable bonds is 4. The van der Waals surface area contributed by atoms with Crippen molar-refractivity contribution in [2.45, 2.75) is 31.3 Å². The van der Waals surface area contributed by atoms with Gasteiger partial charge in [0.2, 0.25) is 0 Å². The lowest BCUT2D eigenvalue weighted by molar-refractivity contribution is 0.0557. The van der Waals surface area contributed by atoms with Gasteiger partial charge < -0.3 is 19.9 Å². The minimum absolute atomic E-state index is 0.0205. The maximum Gasteiger partial charge on any atom is 0.337 e. The lowest BCUT2D eigenvalue weighted by atomic mass is 9.73. The molecule has 5 nitrogen and oxygen atoms in total. The number of hydrogen-bond donors (Lipinski definition) is 3. The zero-order valence-electron chi connectivity index (χ0n) is 14.3. The van der Waals surface area contributed by atoms with Gasteiger partial charge in [-0.25, -0.2) is 4.79 Å². The van der Waals surface area contributed by atoms with E-state index in [9.17, 15) is 15.0 Å². The zero-order valence-corrected chi connectivity index (χ0v) is 15.1. The van der Waals surface area contributed by atoms with E-state index in [1.807, 2.05) is 6.07 Å². The van der Waals surface area contributed by atoms with Crippen LogP contribution in [0.5, 0.6) is 0 Å². The van der Waals surface area contributed by atoms with Gasteiger partial charge in [0.05, 0.1) is 18.8 Å². The van der Waals surface area contributed by atoms with E-state index < -0.39 is 5.97 Å². The highest BCUT2D eigenvalue weighted by Gasteiger charge is 2.34. The Balaban J connectivity index is 1.69. The second kappa shape index (κ2) is 6.49. The average molecular weight is 374 g/mol. The highest BCUT2D eigenvalue weighted by Crippen LogP contribution is 2.43. The Kier molecular flexibility index (Phi) is 4.29. The maximum atomic E-state index is 11.4. The van der Waals surface area contributed by atoms with Crippen LogP contribution in [-0.2, 0) is 4.74 Å². The van der Waals surface area contributed by atoms with E-state index in [0.717, 1.165) is 36.2 Å². The number of aliphatic hydroxyl groups excluding tert-OH is 1. The molecule has 1 aromatic carbocycles. The van der Waals surface area contributed by atoms with Crippen LogP contribution in [0.4, 0.5) is 0 Å². The van der Waals surface area contributed by atoms with Crippen LogP contribution in [0.2, 0.25) is 5.02 Å². The number of carboxylic acid groups (broad SMARTS) is 1. The summed E-state index contributed by atoms with van der Waals surface area (Å²) in [6, 6.07) is 3.64. The Labute approximate surface area is 155 Å². The first-order chi connectivity index (χ1) is 12.5. The van der Waals surface area contributed by atoms with Gasteiger partial charge in [-0.1, -0.05) is 17.7 Å². The second-order valence-electron chi connectivity index (χ2n) is 6.99. The molecule has 0 saturated heterocycles. The number of aromatic nitrogens is 1. The molecule has 0 aliphatic heterocycles. The number of ether oxygens (including phenoxy) is 1. The van der Waals surface area contributed by atoms with Crippen molar-refractivity contribution >= 4 is 28.5 Å². The van der Waals surface area contributed by atoms with Crippen LogP contribution in [0.25, 0.3) is 10.9 Å². The van der Waals surface area contributed by atoms with Crippen LogP contribution in [0.3, 0.4) is 0 Å². The summed E-state index contributed by atoms with van der Waals surface area (Å²) in [4.78, 5) is 14.4. The number of allylic oxidation sites excluding steroid dienone is 3. The molecule has 0 amide bonds. The van der Waals surface area contributed by atoms with E-state index in [4.69, 9.17) is 16.3 Å². The number of H-pyrrole nitrogens is 1. The molecule has 0 bridgehead atoms. The summed E-state index contributed by atoms with van der Waals surface area (Å²) >= 11 is 6.48. The molecule has 1 heterocycles. The van der Waals surface area contributed by atoms with Crippen molar-refractivity contribution < 1.29 is 19.7 Å². The number of aliphatic hydroxyl groups is 1. The first-order valence-electron chi connectivity index (χ1n) is 8.66. The molecule has 1 aromatic heterocycles. The molecule has 3 N–H and O–H groups in total. The molecule has 0 radical (unpaired) electrons. The Morgan fingerprint density at radius 3 is 2.77 bits per heavy atom. The zero-order chi connectivity index (χ0) is 18.4. The van der Waals surface area contributed by atoms with Crippen molar-refractivity contribution in [3.63, 3.8) is 0 Å². The first-order valence-corrected chi connectivity index (χ1v) is 9.03. The van der Waals surface area contributed by atoms with Crippen LogP contribution in [0.1, 0.15) is 41.1 Å². The molecule has 1 unspecified atom stereocenters. The van der Waals surface area contributed by atoms with Crippen LogP contribution >= 0.6 is 11.6 Å². The number of halogens is 1. The molecule has 1 atom stereocenters. The number of nitrogens with one attached hydrogen (secondary N) is 1. The van der Waals surface area contributed by atoms with Crippen molar-refractivity contribution in [3.8, 4) is 0 Å². The fraction of sp³-hybridized carbons (Fsp3) is 0.350. The molecule has 6 heteroatoms. The van der Waals surface area contributed by atoms with E-state index in [1.165, 1.54) is 6.20 Å². The quantitative estimate of drug-likeness (QED) is 0.748. The lowest BCUT2D eigenvalue weighted by Crippen LogP contribution is -2.31. The fourth-order valence-electron chi connectivity index (χ4n) is 3.93. The first kappa shape index (κ1) is 17.2. The number of benzene rings is 1. The molecule has 0 spiro atoms. The number of fused-ring (bicyclic) bond motifs is 1. The SMILES string of the molecule is COC1=CC(c2cc3c(C(=O)O)c[nH]c3cc2Cl)CC=C1C1CC(O)C1. The summed E-state index contributed by atoms with van der Waals surface area (Å²) in [6.45, 7) is 0. The van der Waals surface area contributed by atoms with Gasteiger partial charge in [-0.05, 0) is 54.5 Å². The van der Waals surface area contributed by atoms with Gasteiger partial charge in [0, 0.05) is 28.0 Å². The van der Waals surface area contributed by atoms with E-state index in [-0.39, 0.29) is 17.6 Å². The number of carbonyl (C=O) groups is 1. The highest BCUT2D eigenvalue weighted by molar-refractivity contribution is 6.32. The Hall–Kier alpha value is -2.24. The van der Waals surface area contributed by atoms with Crippen molar-refractivity contribution in [2.24, 2.45) is 5.92 Å². The van der Waals surface area contributed by atoms with Crippen molar-refractivity contribution in [1.29, 1.82) is 0 Å². The van der Waals surface area contributed by atoms with Gasteiger partial charge >= 0.3 is 5.97 Å². The molecular weight excluding hydrogens is 354 g/mol. The molecule has 1 fully saturated rings. The maximum absolute atomic E-state index is 11.4. The molecule has 26 heavy (non-hydrogen) atoms. The van der Waals surface area contributed by atoms with Crippen molar-refractivity contribution in [3.05, 3.63) is 58.0 Å². The normalized spacial score (nSPS) is 25.4. The third-order valence-electron chi connectivity index (χ3n) is 5.43. The standard InChI is InChI=1S/C20H20ClNO4/c1-26-19-6-10(2-3-13(19)11-4-12(23)5-11)14-7-15-16(20(24)25)9-22-18(15)8-17(14)21/h3,6-12,22-23H,2,4-5H2,1H3,(H,24,25). The minimum atomic E-state index is -0.966. The molecule has 2 aliphatic carbocycles. The predicted molar refractivity (Wildman–Crippen MR) is 99.5 cm³/mol. The van der Waals surface area contributed by atoms with E-state index in [0.29, 0.717) is 21.8 Å². The third-order valence-corrected chi connectivity index (χ3v) is 5.76. The third kappa shape index (κ3) is 2.81. The summed E-state index contributed by atoms with van der Waals surface area (Å²) < 4.78 is 5.59. The van der Waals surface area contributed by atoms with Crippen LogP contribution < -0.4 is 0 Å². The summed E-state index contributed by atoms with van der Waals surface area (Å²) in [7, 11) is 1.65. The summed E-state index contributed by atoms with van der Waals surface area (Å²) in [5, 5.41) is 20.2. The van der Waals surface area contributed by atoms with Gasteiger partial charge in [-0.2, -0.15) is 0 Å². The van der Waals surface area contributed by atoms with E-state index in [2.05, 4.69) is 17.1 Å². The summed E-state index contributed by atoms with van der Waals surface area (Å²) in [5.41, 5.74) is 2.99. The molecule has 1 saturated carbocycles. The number of aromatic carboxylic acids is 1. The number of methoxy groups -OCH3 is 1. The van der Waals surface area contributed by atoms with E-state index >= 15 is 0 Å². The number of carboxylic acids is 1. The minimum Gasteiger partial charge on any atom is -0.497 e. The Bertz CT molecular complexity index is 937. The van der Waals surface area contributed by atoms with Crippen molar-refractivity contribution in [2.75, 3.05) is 7.11 Å².